The molecule has 7 atom stereocenters. The number of nitrogens with zero attached hydrogens (tertiary/aromatic N) is 2. The maximum absolute atomic E-state index is 13.6. The van der Waals surface area contributed by atoms with E-state index in [-0.39, 0.29) is 84.6 Å². The molecule has 1 unspecified atom stereocenters. The van der Waals surface area contributed by atoms with E-state index in [1.54, 1.807) is 87.7 Å². The van der Waals surface area contributed by atoms with E-state index < -0.39 is 136 Å². The number of benzene rings is 9. The zero-order valence-electron chi connectivity index (χ0n) is 75.8. The van der Waals surface area contributed by atoms with E-state index in [1.165, 1.54) is 37.0 Å². The van der Waals surface area contributed by atoms with Crippen LogP contribution in [-0.2, 0) is 63.9 Å². The van der Waals surface area contributed by atoms with Crippen LogP contribution >= 0.6 is 0 Å². The van der Waals surface area contributed by atoms with Crippen molar-refractivity contribution in [3.63, 3.8) is 0 Å². The number of aliphatic hydroxyl groups is 1. The lowest BCUT2D eigenvalue weighted by molar-refractivity contribution is -1.19. The van der Waals surface area contributed by atoms with Gasteiger partial charge in [0.1, 0.15) is 64.9 Å². The molecule has 1 saturated carbocycles. The number of hydrogen-bond acceptors (Lipinski definition) is 15. The molecule has 0 saturated heterocycles. The molecule has 7 N–H and O–H groups in total. The molecule has 6 aliphatic rings. The van der Waals surface area contributed by atoms with E-state index in [2.05, 4.69) is 29.8 Å². The molecule has 21 nitrogen and oxygen atoms in total. The number of amides is 5. The van der Waals surface area contributed by atoms with Crippen molar-refractivity contribution in [2.24, 2.45) is 22.7 Å². The number of aliphatic hydroxyl groups excluding tert-OH is 1. The number of likely N-dealkylation sites (N-methyl/N-ethyl adjacent to an activating group) is 2. The van der Waals surface area contributed by atoms with Gasteiger partial charge in [0, 0.05) is 142 Å². The van der Waals surface area contributed by atoms with E-state index in [0.717, 1.165) is 124 Å². The normalized spacial score (nSPS) is 18.1. The van der Waals surface area contributed by atoms with Crippen LogP contribution in [-0.4, -0.2) is 112 Å². The number of ketones is 5. The van der Waals surface area contributed by atoms with Crippen LogP contribution in [0.15, 0.2) is 229 Å². The summed E-state index contributed by atoms with van der Waals surface area (Å²) in [4.78, 5) is 146. The lowest BCUT2D eigenvalue weighted by atomic mass is 9.64. The molecule has 29 heteroatoms. The molecular weight excluding hydrogens is 1740 g/mol. The predicted octanol–water partition coefficient (Wildman–Crippen LogP) is 19.1. The monoisotopic (exact) mass is 1840 g/mol. The SMILES string of the molecule is CC(C)(C(=O)CCC(F)(F)C(C)(F)F)C(=O)C[C@@H]1C(=O)Nc2ccccc2-c2ccccc21.CC1=C(C(=O)OC2CCCCC2)C(c2ccc([NH+](O)O)cc2)C2=C(C1)CC(C)(C)CC2=O.C[C@H](CC(=O)Cc1cc(F)cc(F)c1)C(=O)N[C@@H]1C(=O)N(C)c2ccccc2-c2ccccc21.C[C@H](CC(=O)[C@@H](O)c1cc(F)cc(F)c1)C(=O)N[C@@H]1C(=O)N(C)c2ccccc2-c2ccccc21. The van der Waals surface area contributed by atoms with Crippen molar-refractivity contribution in [1.29, 1.82) is 0 Å². The second-order valence-corrected chi connectivity index (χ2v) is 36.5. The Kier molecular flexibility index (Phi) is 31.3. The van der Waals surface area contributed by atoms with E-state index in [1.807, 2.05) is 110 Å². The van der Waals surface area contributed by atoms with E-state index in [9.17, 15) is 103 Å². The Labute approximate surface area is 771 Å². The first-order valence-electron chi connectivity index (χ1n) is 44.3. The molecule has 5 amide bonds. The summed E-state index contributed by atoms with van der Waals surface area (Å²) >= 11 is 0. The zero-order valence-corrected chi connectivity index (χ0v) is 75.8. The topological polar surface area (TPSA) is 305 Å². The third-order valence-electron chi connectivity index (χ3n) is 25.4. The molecule has 0 aromatic heterocycles. The summed E-state index contributed by atoms with van der Waals surface area (Å²) < 4.78 is 113. The number of ether oxygens (including phenoxy) is 1. The lowest BCUT2D eigenvalue weighted by Crippen LogP contribution is -3.01. The molecule has 702 valence electrons. The van der Waals surface area contributed by atoms with Gasteiger partial charge in [0.15, 0.2) is 17.3 Å². The first-order valence-corrected chi connectivity index (χ1v) is 44.3. The first-order chi connectivity index (χ1) is 63.3. The summed E-state index contributed by atoms with van der Waals surface area (Å²) in [6, 6.07) is 54.1. The number of carbonyl (C=O) groups is 11. The Morgan fingerprint density at radius 2 is 1.04 bits per heavy atom. The summed E-state index contributed by atoms with van der Waals surface area (Å²) in [5, 5.41) is 36.7. The fraction of sp³-hybridized carbons (Fsp3) is 0.343. The minimum atomic E-state index is -4.37. The van der Waals surface area contributed by atoms with Crippen molar-refractivity contribution in [3.8, 4) is 33.4 Å². The molecule has 3 heterocycles. The Morgan fingerprint density at radius 1 is 0.575 bits per heavy atom. The number of para-hydroxylation sites is 3. The number of Topliss-reactive ketones (excluding diaryl/α,β-unsaturated/α-hetero) is 5. The molecule has 3 aliphatic carbocycles. The average Bonchev–Trinajstić information content (AvgIpc) is 1.01. The summed E-state index contributed by atoms with van der Waals surface area (Å²) in [5.41, 5.74) is 11.5. The van der Waals surface area contributed by atoms with Crippen molar-refractivity contribution in [2.45, 2.75) is 193 Å². The third-order valence-corrected chi connectivity index (χ3v) is 25.4. The van der Waals surface area contributed by atoms with Gasteiger partial charge in [-0.05, 0) is 162 Å². The fourth-order valence-electron chi connectivity index (χ4n) is 18.1. The molecule has 15 rings (SSSR count). The van der Waals surface area contributed by atoms with E-state index in [4.69, 9.17) is 4.74 Å². The van der Waals surface area contributed by atoms with E-state index in [0.29, 0.717) is 58.2 Å². The highest BCUT2D eigenvalue weighted by Gasteiger charge is 2.53. The van der Waals surface area contributed by atoms with Crippen LogP contribution < -0.4 is 31.0 Å². The molecule has 0 spiro atoms. The molecule has 1 fully saturated rings. The molecule has 0 bridgehead atoms. The average molecular weight is 1850 g/mol. The highest BCUT2D eigenvalue weighted by atomic mass is 19.3. The van der Waals surface area contributed by atoms with Gasteiger partial charge in [0.25, 0.3) is 11.8 Å². The maximum Gasteiger partial charge on any atom is 0.335 e. The minimum absolute atomic E-state index is 0.0584. The highest BCUT2D eigenvalue weighted by Crippen LogP contribution is 2.52. The van der Waals surface area contributed by atoms with Crippen LogP contribution in [0.25, 0.3) is 33.4 Å². The van der Waals surface area contributed by atoms with Gasteiger partial charge in [-0.15, -0.1) is 0 Å². The van der Waals surface area contributed by atoms with Gasteiger partial charge >= 0.3 is 17.8 Å². The predicted molar refractivity (Wildman–Crippen MR) is 486 cm³/mol. The molecular formula is C105H107F8N6O15+. The van der Waals surface area contributed by atoms with Crippen LogP contribution in [0.2, 0.25) is 0 Å². The van der Waals surface area contributed by atoms with Crippen LogP contribution in [0.3, 0.4) is 0 Å². The summed E-state index contributed by atoms with van der Waals surface area (Å²) in [5.74, 6) is -19.9. The standard InChI is InChI=1S/C27H24F2N2O4.C27H24F2N2O3.C26H33NO5.C25H25F4NO3/c1-15(11-23(32)25(33)16-12-17(28)14-18(29)13-16)26(34)30-24-21-9-4-3-7-19(21)20-8-5-6-10-22(20)31(2)27(24)35;1-16(11-20(32)14-17-12-18(28)15-19(29)13-17)26(33)30-25-23-9-4-3-7-21(23)22-8-5-6-10-24(22)31(2)27(25)34;1-16-13-18-14-26(2,3)15-21(28)23(18)24(17-9-11-19(12-10-17)27(30)31)22(16)25(29)32-20-7-5-4-6-8-20;1-23(2,20(31)12-13-25(28,29)24(3,26)27)21(32)14-18-16-9-5-4-8-15(16)17-10-6-7-11-19(17)30-22(18)33/h3-10,12-15,24-25,33H,11H2,1-2H3,(H,30,34);3-10,12-13,15-16,25H,11,14H2,1-2H3,(H,30,33);9-12,20,24,30-31H,4-8,13-15H2,1-3H3;4-11,18H,12-14H2,1-3H3,(H,30,33)/p+1/t15-,24+,25+;16-,25+;;18-/m11.0/s1. The third kappa shape index (κ3) is 23.0. The van der Waals surface area contributed by atoms with Gasteiger partial charge in [0.05, 0.1) is 22.7 Å². The fourth-order valence-corrected chi connectivity index (χ4v) is 18.1. The second-order valence-electron chi connectivity index (χ2n) is 36.5. The molecule has 3 aliphatic heterocycles. The Balaban J connectivity index is 0.000000161. The Morgan fingerprint density at radius 3 is 1.55 bits per heavy atom. The van der Waals surface area contributed by atoms with Crippen LogP contribution in [0.5, 0.6) is 0 Å². The van der Waals surface area contributed by atoms with Crippen molar-refractivity contribution in [3.05, 3.63) is 285 Å². The quantitative estimate of drug-likeness (QED) is 0.0128. The summed E-state index contributed by atoms with van der Waals surface area (Å²) in [6.45, 7) is 11.9. The number of halogens is 8. The molecule has 0 radical (unpaired) electrons. The number of quaternary nitrogens is 1. The summed E-state index contributed by atoms with van der Waals surface area (Å²) in [7, 11) is 3.30. The second kappa shape index (κ2) is 42.0. The number of esters is 1. The number of nitrogens with one attached hydrogen (secondary N) is 4. The number of carbonyl (C=O) groups excluding carboxylic acids is 11. The molecule has 9 aromatic carbocycles. The molecule has 134 heavy (non-hydrogen) atoms. The van der Waals surface area contributed by atoms with Gasteiger partial charge in [-0.2, -0.15) is 19.2 Å². The maximum atomic E-state index is 13.6. The van der Waals surface area contributed by atoms with Crippen molar-refractivity contribution in [2.75, 3.05) is 29.2 Å². The Bertz CT molecular complexity index is 6060. The van der Waals surface area contributed by atoms with E-state index >= 15 is 0 Å². The van der Waals surface area contributed by atoms with Crippen molar-refractivity contribution >= 4 is 87.2 Å². The highest BCUT2D eigenvalue weighted by molar-refractivity contribution is 6.12. The largest absolute Gasteiger partial charge is 0.459 e. The zero-order chi connectivity index (χ0) is 97.3. The van der Waals surface area contributed by atoms with Gasteiger partial charge in [-0.1, -0.05) is 185 Å². The number of alkyl halides is 4. The number of anilines is 3. The first kappa shape index (κ1) is 99.9. The van der Waals surface area contributed by atoms with Gasteiger partial charge in [-0.3, -0.25) is 47.9 Å². The van der Waals surface area contributed by atoms with Gasteiger partial charge in [-0.25, -0.2) is 31.1 Å². The van der Waals surface area contributed by atoms with Crippen molar-refractivity contribution in [1.82, 2.24) is 10.6 Å². The van der Waals surface area contributed by atoms with Gasteiger partial charge < -0.3 is 35.6 Å². The van der Waals surface area contributed by atoms with Crippen LogP contribution in [0.1, 0.15) is 202 Å². The number of hydrogen-bond donors (Lipinski definition) is 7. The van der Waals surface area contributed by atoms with Gasteiger partial charge in [0.2, 0.25) is 17.7 Å². The number of rotatable bonds is 24. The van der Waals surface area contributed by atoms with Crippen molar-refractivity contribution < 1.29 is 113 Å². The summed E-state index contributed by atoms with van der Waals surface area (Å²) in [6.07, 6.45) is 1.91. The number of fused-ring (bicyclic) bond motifs is 9. The number of allylic oxidation sites excluding steroid dienone is 3. The minimum Gasteiger partial charge on any atom is -0.459 e. The van der Waals surface area contributed by atoms with Crippen LogP contribution in [0.4, 0.5) is 57.9 Å². The molecule has 9 aromatic rings. The van der Waals surface area contributed by atoms with Crippen LogP contribution in [0, 0.1) is 45.9 Å². The lowest BCUT2D eigenvalue weighted by Gasteiger charge is -2.39. The Hall–Kier alpha value is -13.1. The smallest absolute Gasteiger partial charge is 0.335 e.